The number of halogens is 3. The summed E-state index contributed by atoms with van der Waals surface area (Å²) in [6, 6.07) is 14.0. The van der Waals surface area contributed by atoms with E-state index < -0.39 is 38.5 Å². The summed E-state index contributed by atoms with van der Waals surface area (Å²) in [7, 11) is -4.43. The molecule has 1 atom stereocenters. The third kappa shape index (κ3) is 8.99. The molecule has 1 unspecified atom stereocenters. The molecule has 0 radical (unpaired) electrons. The summed E-state index contributed by atoms with van der Waals surface area (Å²) in [5, 5.41) is 9.88. The van der Waals surface area contributed by atoms with E-state index in [-0.39, 0.29) is 24.2 Å². The van der Waals surface area contributed by atoms with Crippen LogP contribution in [0.15, 0.2) is 78.0 Å². The van der Waals surface area contributed by atoms with Gasteiger partial charge in [-0.05, 0) is 61.4 Å². The van der Waals surface area contributed by atoms with Crippen molar-refractivity contribution in [2.45, 2.75) is 56.4 Å². The van der Waals surface area contributed by atoms with Gasteiger partial charge in [-0.1, -0.05) is 20.8 Å². The number of nitrogens with one attached hydrogen (secondary N) is 3. The molecule has 5 rings (SSSR count). The molecule has 2 amide bonds. The molecule has 2 aromatic carbocycles. The Bertz CT molecular complexity index is 1800. The molecule has 0 spiro atoms. The summed E-state index contributed by atoms with van der Waals surface area (Å²) in [5.41, 5.74) is 0.408. The van der Waals surface area contributed by atoms with Crippen LogP contribution in [0.1, 0.15) is 39.3 Å². The monoisotopic (exact) mass is 674 g/mol. The Labute approximate surface area is 269 Å². The highest BCUT2D eigenvalue weighted by Gasteiger charge is 2.35. The molecule has 47 heavy (non-hydrogen) atoms. The molecule has 2 aromatic heterocycles. The predicted octanol–water partition coefficient (Wildman–Crippen LogP) is 6.36. The second-order valence-electron chi connectivity index (χ2n) is 11.6. The summed E-state index contributed by atoms with van der Waals surface area (Å²) >= 11 is 0. The van der Waals surface area contributed by atoms with E-state index in [9.17, 15) is 26.4 Å². The Morgan fingerprint density at radius 2 is 1.70 bits per heavy atom. The van der Waals surface area contributed by atoms with Crippen LogP contribution in [0, 0.1) is 0 Å². The van der Waals surface area contributed by atoms with Gasteiger partial charge in [0.15, 0.2) is 5.75 Å². The molecular formula is C31H33F3N6O6S. The van der Waals surface area contributed by atoms with Crippen molar-refractivity contribution in [1.82, 2.24) is 19.5 Å². The Morgan fingerprint density at radius 3 is 2.34 bits per heavy atom. The number of urea groups is 1. The molecule has 1 saturated heterocycles. The zero-order valence-corrected chi connectivity index (χ0v) is 26.5. The zero-order chi connectivity index (χ0) is 33.8. The van der Waals surface area contributed by atoms with Crippen molar-refractivity contribution in [1.29, 1.82) is 0 Å². The lowest BCUT2D eigenvalue weighted by atomic mass is 9.92. The highest BCUT2D eigenvalue weighted by Crippen LogP contribution is 2.34. The van der Waals surface area contributed by atoms with E-state index in [1.807, 2.05) is 20.8 Å². The van der Waals surface area contributed by atoms with E-state index in [1.165, 1.54) is 10.7 Å². The minimum Gasteiger partial charge on any atom is -0.457 e. The van der Waals surface area contributed by atoms with Gasteiger partial charge in [0.05, 0.1) is 17.5 Å². The number of alkyl halides is 3. The normalized spacial score (nSPS) is 15.3. The largest absolute Gasteiger partial charge is 0.573 e. The van der Waals surface area contributed by atoms with Crippen molar-refractivity contribution < 1.29 is 40.6 Å². The summed E-state index contributed by atoms with van der Waals surface area (Å²) in [6.45, 7) is 5.98. The first-order chi connectivity index (χ1) is 22.2. The van der Waals surface area contributed by atoms with Gasteiger partial charge < -0.3 is 19.5 Å². The number of nitrogens with zero attached hydrogens (tertiary/aromatic N) is 3. The minimum absolute atomic E-state index is 0.00531. The summed E-state index contributed by atoms with van der Waals surface area (Å²) in [4.78, 5) is 16.3. The molecule has 4 aromatic rings. The van der Waals surface area contributed by atoms with Crippen molar-refractivity contribution >= 4 is 27.6 Å². The zero-order valence-electron chi connectivity index (χ0n) is 25.7. The third-order valence-electron chi connectivity index (χ3n) is 6.93. The van der Waals surface area contributed by atoms with E-state index in [4.69, 9.17) is 9.47 Å². The van der Waals surface area contributed by atoms with Gasteiger partial charge in [0.25, 0.3) is 0 Å². The van der Waals surface area contributed by atoms with Gasteiger partial charge in [-0.2, -0.15) is 5.10 Å². The average Bonchev–Trinajstić information content (AvgIpc) is 3.67. The van der Waals surface area contributed by atoms with Crippen LogP contribution in [0.5, 0.6) is 17.2 Å². The fraction of sp³-hybridized carbons (Fsp3) is 0.323. The number of sulfonamides is 1. The Kier molecular flexibility index (Phi) is 9.74. The maximum Gasteiger partial charge on any atom is 0.573 e. The number of carbonyl (C=O) groups is 1. The van der Waals surface area contributed by atoms with Crippen LogP contribution in [0.2, 0.25) is 0 Å². The minimum atomic E-state index is -5.20. The van der Waals surface area contributed by atoms with Crippen LogP contribution >= 0.6 is 0 Å². The van der Waals surface area contributed by atoms with Crippen LogP contribution in [0.4, 0.5) is 29.5 Å². The second-order valence-corrected chi connectivity index (χ2v) is 13.4. The van der Waals surface area contributed by atoms with Gasteiger partial charge >= 0.3 is 12.4 Å². The van der Waals surface area contributed by atoms with E-state index >= 15 is 0 Å². The van der Waals surface area contributed by atoms with E-state index in [0.717, 1.165) is 18.6 Å². The quantitative estimate of drug-likeness (QED) is 0.176. The Morgan fingerprint density at radius 1 is 1.00 bits per heavy atom. The molecule has 250 valence electrons. The van der Waals surface area contributed by atoms with E-state index in [1.54, 1.807) is 54.9 Å². The predicted molar refractivity (Wildman–Crippen MR) is 167 cm³/mol. The van der Waals surface area contributed by atoms with Crippen molar-refractivity contribution in [3.05, 3.63) is 78.8 Å². The molecule has 3 heterocycles. The number of pyridine rings is 1. The Hall–Kier alpha value is -4.67. The van der Waals surface area contributed by atoms with Gasteiger partial charge in [-0.15, -0.1) is 13.2 Å². The van der Waals surface area contributed by atoms with Gasteiger partial charge in [-0.25, -0.2) is 22.6 Å². The molecule has 12 nitrogen and oxygen atoms in total. The first-order valence-electron chi connectivity index (χ1n) is 14.5. The fourth-order valence-corrected chi connectivity index (χ4v) is 5.77. The van der Waals surface area contributed by atoms with Crippen LogP contribution in [0.25, 0.3) is 5.69 Å². The Balaban J connectivity index is 1.39. The van der Waals surface area contributed by atoms with Gasteiger partial charge in [-0.3, -0.25) is 10.3 Å². The summed E-state index contributed by atoms with van der Waals surface area (Å²) < 4.78 is 85.4. The SMILES string of the molecule is CC(C)(C)c1cc(NC(=O)Nc2ccc(Oc3ccncc3)cc2)n(-c2ccc(S(=O)(=O)NCC3CCCO3)c(OC(F)(F)F)c2)n1. The van der Waals surface area contributed by atoms with Gasteiger partial charge in [0.1, 0.15) is 22.2 Å². The molecule has 3 N–H and O–H groups in total. The molecular weight excluding hydrogens is 641 g/mol. The van der Waals surface area contributed by atoms with Gasteiger partial charge in [0.2, 0.25) is 10.0 Å². The number of anilines is 2. The number of benzene rings is 2. The highest BCUT2D eigenvalue weighted by molar-refractivity contribution is 7.89. The maximum atomic E-state index is 13.5. The standard InChI is InChI=1S/C31H33F3N6O6S/c1-30(2,3)27-18-28(38-29(41)37-20-6-9-22(10-7-20)45-23-12-14-35-15-13-23)40(39-27)21-8-11-26(25(17-21)46-31(32,33)34)47(42,43)36-19-24-5-4-16-44-24/h6-15,17-18,24,36H,4-5,16,19H2,1-3H3,(H2,37,38,41). The van der Waals surface area contributed by atoms with E-state index in [2.05, 4.69) is 30.2 Å². The number of amides is 2. The average molecular weight is 675 g/mol. The number of hydrogen-bond donors (Lipinski definition) is 3. The van der Waals surface area contributed by atoms with Crippen LogP contribution in [-0.2, 0) is 20.2 Å². The first-order valence-corrected chi connectivity index (χ1v) is 16.0. The maximum absolute atomic E-state index is 13.5. The number of hydrogen-bond acceptors (Lipinski definition) is 8. The van der Waals surface area contributed by atoms with E-state index in [0.29, 0.717) is 35.9 Å². The lowest BCUT2D eigenvalue weighted by Gasteiger charge is -2.17. The smallest absolute Gasteiger partial charge is 0.457 e. The summed E-state index contributed by atoms with van der Waals surface area (Å²) in [6.07, 6.45) is -1.01. The number of rotatable bonds is 10. The lowest BCUT2D eigenvalue weighted by molar-refractivity contribution is -0.275. The molecule has 0 saturated carbocycles. The number of ether oxygens (including phenoxy) is 3. The van der Waals surface area contributed by atoms with Crippen molar-refractivity contribution in [3.8, 4) is 22.9 Å². The van der Waals surface area contributed by atoms with Crippen molar-refractivity contribution in [3.63, 3.8) is 0 Å². The van der Waals surface area contributed by atoms with Crippen LogP contribution in [-0.4, -0.2) is 54.8 Å². The lowest BCUT2D eigenvalue weighted by Crippen LogP contribution is -2.32. The third-order valence-corrected chi connectivity index (χ3v) is 8.39. The summed E-state index contributed by atoms with van der Waals surface area (Å²) in [5.74, 6) is 0.257. The number of aromatic nitrogens is 3. The molecule has 1 fully saturated rings. The van der Waals surface area contributed by atoms with Crippen molar-refractivity contribution in [2.24, 2.45) is 0 Å². The molecule has 16 heteroatoms. The van der Waals surface area contributed by atoms with Crippen LogP contribution in [0.3, 0.4) is 0 Å². The molecule has 0 aliphatic carbocycles. The van der Waals surface area contributed by atoms with Gasteiger partial charge in [0, 0.05) is 48.8 Å². The topological polar surface area (TPSA) is 146 Å². The van der Waals surface area contributed by atoms with Crippen LogP contribution < -0.4 is 24.8 Å². The number of carbonyl (C=O) groups excluding carboxylic acids is 1. The van der Waals surface area contributed by atoms with Crippen molar-refractivity contribution in [2.75, 3.05) is 23.8 Å². The highest BCUT2D eigenvalue weighted by atomic mass is 32.2. The fourth-order valence-electron chi connectivity index (χ4n) is 4.60. The molecule has 0 bridgehead atoms. The molecule has 1 aliphatic heterocycles. The second kappa shape index (κ2) is 13.6. The first kappa shape index (κ1) is 33.7. The molecule has 1 aliphatic rings.